The number of piperidine rings is 1. The molecule has 3 aromatic rings. The van der Waals surface area contributed by atoms with Gasteiger partial charge in [-0.25, -0.2) is 9.97 Å². The van der Waals surface area contributed by atoms with E-state index in [9.17, 15) is 9.59 Å². The molecule has 4 heterocycles. The van der Waals surface area contributed by atoms with E-state index in [2.05, 4.69) is 26.0 Å². The zero-order valence-corrected chi connectivity index (χ0v) is 19.8. The zero-order valence-electron chi connectivity index (χ0n) is 18.9. The van der Waals surface area contributed by atoms with E-state index >= 15 is 0 Å². The first-order chi connectivity index (χ1) is 16.1. The van der Waals surface area contributed by atoms with Crippen molar-refractivity contribution in [2.75, 3.05) is 24.5 Å². The van der Waals surface area contributed by atoms with Crippen LogP contribution in [0.5, 0.6) is 0 Å². The minimum absolute atomic E-state index is 0.0440. The molecule has 1 saturated heterocycles. The molecule has 0 unspecified atom stereocenters. The summed E-state index contributed by atoms with van der Waals surface area (Å²) >= 11 is 1.67. The van der Waals surface area contributed by atoms with E-state index in [4.69, 9.17) is 0 Å². The van der Waals surface area contributed by atoms with E-state index in [0.717, 1.165) is 48.0 Å². The first-order valence-corrected chi connectivity index (χ1v) is 12.5. The van der Waals surface area contributed by atoms with Gasteiger partial charge in [0.05, 0.1) is 17.2 Å². The smallest absolute Gasteiger partial charge is 0.227 e. The van der Waals surface area contributed by atoms with Crippen LogP contribution in [0, 0.1) is 6.92 Å². The van der Waals surface area contributed by atoms with Crippen LogP contribution in [0.2, 0.25) is 0 Å². The molecule has 0 atom stereocenters. The maximum Gasteiger partial charge on any atom is 0.227 e. The molecule has 0 spiro atoms. The number of hydrogen-bond donors (Lipinski definition) is 0. The standard InChI is InChI=1S/C25H29N5O2S/c1-18-27-21(17-33-18)16-29-15-11-26-25(29)20-8-12-28(13-9-20)23(31)6-7-24(32)30-14-10-19-4-2-3-5-22(19)30/h2-5,11,15,17,20H,6-10,12-14,16H2,1H3. The highest BCUT2D eigenvalue weighted by Gasteiger charge is 2.28. The van der Waals surface area contributed by atoms with Crippen molar-refractivity contribution in [2.45, 2.75) is 51.5 Å². The fourth-order valence-corrected chi connectivity index (χ4v) is 5.56. The van der Waals surface area contributed by atoms with Gasteiger partial charge in [-0.1, -0.05) is 18.2 Å². The molecule has 172 valence electrons. The topological polar surface area (TPSA) is 71.3 Å². The number of thiazole rings is 1. The van der Waals surface area contributed by atoms with Crippen molar-refractivity contribution in [1.82, 2.24) is 19.4 Å². The normalized spacial score (nSPS) is 16.3. The predicted octanol–water partition coefficient (Wildman–Crippen LogP) is 3.77. The van der Waals surface area contributed by atoms with Crippen molar-refractivity contribution in [3.63, 3.8) is 0 Å². The number of anilines is 1. The van der Waals surface area contributed by atoms with Crippen molar-refractivity contribution < 1.29 is 9.59 Å². The van der Waals surface area contributed by atoms with E-state index in [1.165, 1.54) is 5.56 Å². The van der Waals surface area contributed by atoms with E-state index in [1.54, 1.807) is 11.3 Å². The SMILES string of the molecule is Cc1nc(Cn2ccnc2C2CCN(C(=O)CCC(=O)N3CCc4ccccc43)CC2)cs1. The highest BCUT2D eigenvalue weighted by molar-refractivity contribution is 7.09. The fraction of sp³-hybridized carbons (Fsp3) is 0.440. The van der Waals surface area contributed by atoms with Gasteiger partial charge in [0.2, 0.25) is 11.8 Å². The van der Waals surface area contributed by atoms with Crippen LogP contribution in [0.3, 0.4) is 0 Å². The van der Waals surface area contributed by atoms with Gasteiger partial charge in [0.15, 0.2) is 0 Å². The molecule has 33 heavy (non-hydrogen) atoms. The monoisotopic (exact) mass is 463 g/mol. The second-order valence-electron chi connectivity index (χ2n) is 8.85. The quantitative estimate of drug-likeness (QED) is 0.558. The third-order valence-electron chi connectivity index (χ3n) is 6.70. The summed E-state index contributed by atoms with van der Waals surface area (Å²) < 4.78 is 2.18. The van der Waals surface area contributed by atoms with Gasteiger partial charge >= 0.3 is 0 Å². The fourth-order valence-electron chi connectivity index (χ4n) is 4.96. The molecule has 2 aliphatic rings. The maximum absolute atomic E-state index is 12.8. The molecule has 8 heteroatoms. The number of amides is 2. The Kier molecular flexibility index (Phi) is 6.26. The molecule has 0 saturated carbocycles. The Bertz CT molecular complexity index is 1150. The first-order valence-electron chi connectivity index (χ1n) is 11.7. The molecule has 0 bridgehead atoms. The summed E-state index contributed by atoms with van der Waals surface area (Å²) in [6.07, 6.45) is 7.10. The lowest BCUT2D eigenvalue weighted by molar-refractivity contribution is -0.134. The third kappa shape index (κ3) is 4.71. The van der Waals surface area contributed by atoms with Crippen molar-refractivity contribution in [2.24, 2.45) is 0 Å². The Balaban J connectivity index is 1.12. The number of rotatable bonds is 6. The van der Waals surface area contributed by atoms with Crippen LogP contribution in [-0.2, 0) is 22.6 Å². The minimum Gasteiger partial charge on any atom is -0.343 e. The minimum atomic E-state index is 0.0440. The number of carbonyl (C=O) groups excluding carboxylic acids is 2. The average molecular weight is 464 g/mol. The van der Waals surface area contributed by atoms with Crippen molar-refractivity contribution in [3.8, 4) is 0 Å². The lowest BCUT2D eigenvalue weighted by Gasteiger charge is -2.32. The second-order valence-corrected chi connectivity index (χ2v) is 9.91. The summed E-state index contributed by atoms with van der Waals surface area (Å²) in [6, 6.07) is 8.03. The van der Waals surface area contributed by atoms with Gasteiger partial charge in [-0.2, -0.15) is 0 Å². The summed E-state index contributed by atoms with van der Waals surface area (Å²) in [5.41, 5.74) is 3.27. The Labute approximate surface area is 198 Å². The molecule has 2 aliphatic heterocycles. The summed E-state index contributed by atoms with van der Waals surface area (Å²) in [5, 5.41) is 3.17. The summed E-state index contributed by atoms with van der Waals surface area (Å²) in [6.45, 7) is 4.90. The van der Waals surface area contributed by atoms with Crippen LogP contribution in [0.1, 0.15) is 53.7 Å². The molecular formula is C25H29N5O2S. The first kappa shape index (κ1) is 21.8. The van der Waals surface area contributed by atoms with Crippen molar-refractivity contribution >= 4 is 28.8 Å². The number of benzene rings is 1. The van der Waals surface area contributed by atoms with Gasteiger partial charge in [-0.3, -0.25) is 9.59 Å². The van der Waals surface area contributed by atoms with Crippen molar-refractivity contribution in [1.29, 1.82) is 0 Å². The van der Waals surface area contributed by atoms with Crippen LogP contribution >= 0.6 is 11.3 Å². The van der Waals surface area contributed by atoms with E-state index in [1.807, 2.05) is 47.3 Å². The maximum atomic E-state index is 12.8. The number of nitrogens with zero attached hydrogens (tertiary/aromatic N) is 5. The Morgan fingerprint density at radius 3 is 2.67 bits per heavy atom. The lowest BCUT2D eigenvalue weighted by atomic mass is 9.95. The van der Waals surface area contributed by atoms with Crippen LogP contribution in [-0.4, -0.2) is 50.9 Å². The number of imidazole rings is 1. The van der Waals surface area contributed by atoms with Gasteiger partial charge in [-0.15, -0.1) is 11.3 Å². The highest BCUT2D eigenvalue weighted by atomic mass is 32.1. The van der Waals surface area contributed by atoms with Gasteiger partial charge < -0.3 is 14.4 Å². The van der Waals surface area contributed by atoms with Crippen LogP contribution in [0.4, 0.5) is 5.69 Å². The van der Waals surface area contributed by atoms with Crippen molar-refractivity contribution in [3.05, 3.63) is 64.1 Å². The molecule has 1 fully saturated rings. The number of aromatic nitrogens is 3. The number of fused-ring (bicyclic) bond motifs is 1. The van der Waals surface area contributed by atoms with Gasteiger partial charge in [0, 0.05) is 61.9 Å². The Morgan fingerprint density at radius 2 is 1.88 bits per heavy atom. The summed E-state index contributed by atoms with van der Waals surface area (Å²) in [4.78, 5) is 38.5. The van der Waals surface area contributed by atoms with E-state index in [0.29, 0.717) is 25.6 Å². The summed E-state index contributed by atoms with van der Waals surface area (Å²) in [5.74, 6) is 1.54. The van der Waals surface area contributed by atoms with Gasteiger partial charge in [-0.05, 0) is 37.8 Å². The zero-order chi connectivity index (χ0) is 22.8. The molecule has 1 aromatic carbocycles. The largest absolute Gasteiger partial charge is 0.343 e. The lowest BCUT2D eigenvalue weighted by Crippen LogP contribution is -2.39. The predicted molar refractivity (Wildman–Crippen MR) is 128 cm³/mol. The van der Waals surface area contributed by atoms with E-state index < -0.39 is 0 Å². The molecule has 0 N–H and O–H groups in total. The molecule has 2 aromatic heterocycles. The molecule has 0 radical (unpaired) electrons. The van der Waals surface area contributed by atoms with Crippen LogP contribution in [0.15, 0.2) is 42.0 Å². The molecule has 5 rings (SSSR count). The van der Waals surface area contributed by atoms with Crippen LogP contribution < -0.4 is 4.90 Å². The second kappa shape index (κ2) is 9.47. The Hall–Kier alpha value is -3.00. The number of aryl methyl sites for hydroxylation is 1. The number of hydrogen-bond acceptors (Lipinski definition) is 5. The van der Waals surface area contributed by atoms with Gasteiger partial charge in [0.1, 0.15) is 5.82 Å². The average Bonchev–Trinajstić information content (AvgIpc) is 3.57. The summed E-state index contributed by atoms with van der Waals surface area (Å²) in [7, 11) is 0. The molecule has 0 aliphatic carbocycles. The molecule has 7 nitrogen and oxygen atoms in total. The highest BCUT2D eigenvalue weighted by Crippen LogP contribution is 2.29. The van der Waals surface area contributed by atoms with E-state index in [-0.39, 0.29) is 24.7 Å². The van der Waals surface area contributed by atoms with Gasteiger partial charge in [0.25, 0.3) is 0 Å². The number of para-hydroxylation sites is 1. The number of carbonyl (C=O) groups is 2. The number of likely N-dealkylation sites (tertiary alicyclic amines) is 1. The van der Waals surface area contributed by atoms with Crippen LogP contribution in [0.25, 0.3) is 0 Å². The molecular weight excluding hydrogens is 434 g/mol. The Morgan fingerprint density at radius 1 is 1.09 bits per heavy atom. The molecule has 2 amide bonds. The third-order valence-corrected chi connectivity index (χ3v) is 7.52.